The highest BCUT2D eigenvalue weighted by Crippen LogP contribution is 2.27. The Bertz CT molecular complexity index is 565. The molecule has 0 heteroatoms. The van der Waals surface area contributed by atoms with E-state index in [1.54, 1.807) is 0 Å². The number of terminal acetylenes is 1. The van der Waals surface area contributed by atoms with E-state index in [0.29, 0.717) is 5.92 Å². The lowest BCUT2D eigenvalue weighted by molar-refractivity contribution is 0.876. The number of rotatable bonds is 1. The summed E-state index contributed by atoms with van der Waals surface area (Å²) in [5.41, 5.74) is 2.26. The summed E-state index contributed by atoms with van der Waals surface area (Å²) in [7, 11) is 0. The monoisotopic (exact) mass is 195 g/mol. The molecule has 0 aliphatic heterocycles. The fraction of sp³-hybridized carbons (Fsp3) is 0.200. The third-order valence-electron chi connectivity index (χ3n) is 2.69. The Morgan fingerprint density at radius 1 is 1.20 bits per heavy atom. The first-order valence-corrected chi connectivity index (χ1v) is 5.18. The molecule has 15 heavy (non-hydrogen) atoms. The van der Waals surface area contributed by atoms with Gasteiger partial charge in [0.05, 0.1) is 0 Å². The van der Waals surface area contributed by atoms with Gasteiger partial charge in [0.1, 0.15) is 1.37 Å². The van der Waals surface area contributed by atoms with E-state index >= 15 is 0 Å². The molecule has 0 spiro atoms. The van der Waals surface area contributed by atoms with Crippen molar-refractivity contribution < 1.29 is 1.37 Å². The third-order valence-corrected chi connectivity index (χ3v) is 2.69. The number of hydrogen-bond acceptors (Lipinski definition) is 0. The SMILES string of the molecule is [2H]C#Cc1cccc2cccc(C(C)C)c12. The highest BCUT2D eigenvalue weighted by Gasteiger charge is 2.07. The molecule has 0 saturated carbocycles. The highest BCUT2D eigenvalue weighted by atomic mass is 14.1. The van der Waals surface area contributed by atoms with Gasteiger partial charge in [-0.3, -0.25) is 0 Å². The molecule has 2 aromatic rings. The minimum absolute atomic E-state index is 0.470. The molecule has 0 saturated heterocycles. The average molecular weight is 195 g/mol. The van der Waals surface area contributed by atoms with E-state index in [1.165, 1.54) is 16.3 Å². The van der Waals surface area contributed by atoms with E-state index in [9.17, 15) is 0 Å². The molecule has 2 aromatic carbocycles. The van der Waals surface area contributed by atoms with Gasteiger partial charge in [0.15, 0.2) is 0 Å². The molecule has 0 atom stereocenters. The normalized spacial score (nSPS) is 11.0. The molecule has 0 heterocycles. The zero-order valence-corrected chi connectivity index (χ0v) is 9.04. The van der Waals surface area contributed by atoms with Crippen molar-refractivity contribution in [2.75, 3.05) is 0 Å². The molecule has 0 fully saturated rings. The van der Waals surface area contributed by atoms with Gasteiger partial charge in [-0.1, -0.05) is 50.1 Å². The van der Waals surface area contributed by atoms with Crippen molar-refractivity contribution in [3.05, 3.63) is 47.5 Å². The molecule has 0 aliphatic rings. The molecular formula is C15H14. The summed E-state index contributed by atoms with van der Waals surface area (Å²) in [6, 6.07) is 12.4. The Morgan fingerprint density at radius 3 is 2.60 bits per heavy atom. The fourth-order valence-corrected chi connectivity index (χ4v) is 1.96. The van der Waals surface area contributed by atoms with Crippen molar-refractivity contribution in [1.29, 1.82) is 0 Å². The summed E-state index contributed by atoms with van der Waals surface area (Å²) in [5, 5.41) is 2.39. The lowest BCUT2D eigenvalue weighted by atomic mass is 9.93. The van der Waals surface area contributed by atoms with Crippen LogP contribution in [0.1, 0.15) is 32.3 Å². The van der Waals surface area contributed by atoms with E-state index in [-0.39, 0.29) is 0 Å². The van der Waals surface area contributed by atoms with Gasteiger partial charge >= 0.3 is 0 Å². The van der Waals surface area contributed by atoms with E-state index in [4.69, 9.17) is 1.37 Å². The van der Waals surface area contributed by atoms with E-state index < -0.39 is 0 Å². The van der Waals surface area contributed by atoms with Crippen molar-refractivity contribution in [1.82, 2.24) is 0 Å². The van der Waals surface area contributed by atoms with Crippen LogP contribution in [0.2, 0.25) is 0 Å². The lowest BCUT2D eigenvalue weighted by Gasteiger charge is -2.11. The molecule has 2 rings (SSSR count). The minimum atomic E-state index is 0.470. The van der Waals surface area contributed by atoms with Gasteiger partial charge in [0.25, 0.3) is 0 Å². The molecule has 0 unspecified atom stereocenters. The van der Waals surface area contributed by atoms with Crippen LogP contribution in [0.4, 0.5) is 0 Å². The van der Waals surface area contributed by atoms with Crippen molar-refractivity contribution in [3.63, 3.8) is 0 Å². The molecule has 74 valence electrons. The van der Waals surface area contributed by atoms with Crippen molar-refractivity contribution in [2.45, 2.75) is 19.8 Å². The quantitative estimate of drug-likeness (QED) is 0.604. The second-order valence-corrected chi connectivity index (χ2v) is 4.03. The predicted octanol–water partition coefficient (Wildman–Crippen LogP) is 3.94. The van der Waals surface area contributed by atoms with Gasteiger partial charge in [-0.15, -0.1) is 6.40 Å². The van der Waals surface area contributed by atoms with Gasteiger partial charge < -0.3 is 0 Å². The summed E-state index contributed by atoms with van der Waals surface area (Å²) in [6.45, 7) is 4.36. The van der Waals surface area contributed by atoms with Crippen LogP contribution < -0.4 is 0 Å². The molecule has 0 bridgehead atoms. The molecule has 0 N–H and O–H groups in total. The van der Waals surface area contributed by atoms with Crippen LogP contribution in [-0.2, 0) is 0 Å². The standard InChI is InChI=1S/C15H14/c1-4-12-7-5-8-13-9-6-10-14(11(2)3)15(12)13/h1,5-11H,2-3H3/i1D. The smallest absolute Gasteiger partial charge is 0.115 e. The second kappa shape index (κ2) is 3.79. The number of hydrogen-bond donors (Lipinski definition) is 0. The summed E-state index contributed by atoms with van der Waals surface area (Å²) in [5.74, 6) is 3.33. The second-order valence-electron chi connectivity index (χ2n) is 4.03. The summed E-state index contributed by atoms with van der Waals surface area (Å²) >= 11 is 0. The predicted molar refractivity (Wildman–Crippen MR) is 66.0 cm³/mol. The van der Waals surface area contributed by atoms with Crippen LogP contribution in [-0.4, -0.2) is 0 Å². The zero-order chi connectivity index (χ0) is 11.5. The Kier molecular flexibility index (Phi) is 2.16. The van der Waals surface area contributed by atoms with Gasteiger partial charge in [-0.05, 0) is 22.9 Å². The Labute approximate surface area is 92.3 Å². The topological polar surface area (TPSA) is 0 Å². The van der Waals surface area contributed by atoms with Crippen LogP contribution in [0.25, 0.3) is 10.8 Å². The molecule has 0 nitrogen and oxygen atoms in total. The number of fused-ring (bicyclic) bond motifs is 1. The van der Waals surface area contributed by atoms with Gasteiger partial charge in [-0.2, -0.15) is 0 Å². The summed E-state index contributed by atoms with van der Waals surface area (Å²) in [6.07, 6.45) is 2.24. The maximum absolute atomic E-state index is 7.03. The van der Waals surface area contributed by atoms with Crippen LogP contribution in [0.5, 0.6) is 0 Å². The third kappa shape index (κ3) is 1.62. The number of benzene rings is 2. The molecule has 0 aromatic heterocycles. The summed E-state index contributed by atoms with van der Waals surface area (Å²) < 4.78 is 7.03. The summed E-state index contributed by atoms with van der Waals surface area (Å²) in [4.78, 5) is 0. The zero-order valence-electron chi connectivity index (χ0n) is 10.0. The first-order valence-electron chi connectivity index (χ1n) is 5.68. The van der Waals surface area contributed by atoms with Crippen molar-refractivity contribution >= 4 is 10.8 Å². The fourth-order valence-electron chi connectivity index (χ4n) is 1.96. The first kappa shape index (κ1) is 8.56. The Morgan fingerprint density at radius 2 is 1.93 bits per heavy atom. The van der Waals surface area contributed by atoms with E-state index in [2.05, 4.69) is 50.4 Å². The first-order chi connectivity index (χ1) is 7.74. The Hall–Kier alpha value is -1.74. The van der Waals surface area contributed by atoms with Crippen molar-refractivity contribution in [3.8, 4) is 12.3 Å². The minimum Gasteiger partial charge on any atom is -0.115 e. The van der Waals surface area contributed by atoms with Crippen LogP contribution in [0, 0.1) is 12.3 Å². The average Bonchev–Trinajstić information content (AvgIpc) is 2.29. The molecule has 0 radical (unpaired) electrons. The lowest BCUT2D eigenvalue weighted by Crippen LogP contribution is -1.91. The van der Waals surface area contributed by atoms with Crippen LogP contribution >= 0.6 is 0 Å². The van der Waals surface area contributed by atoms with Crippen molar-refractivity contribution in [2.24, 2.45) is 0 Å². The molecular weight excluding hydrogens is 180 g/mol. The van der Waals surface area contributed by atoms with E-state index in [1.807, 2.05) is 12.1 Å². The van der Waals surface area contributed by atoms with Crippen LogP contribution in [0.15, 0.2) is 36.4 Å². The van der Waals surface area contributed by atoms with Gasteiger partial charge in [0.2, 0.25) is 0 Å². The van der Waals surface area contributed by atoms with Crippen LogP contribution in [0.3, 0.4) is 0 Å². The van der Waals surface area contributed by atoms with E-state index in [0.717, 1.165) is 5.56 Å². The Balaban J connectivity index is 2.85. The van der Waals surface area contributed by atoms with Gasteiger partial charge in [-0.25, -0.2) is 0 Å². The molecule has 0 aliphatic carbocycles. The maximum Gasteiger partial charge on any atom is 0.124 e. The largest absolute Gasteiger partial charge is 0.124 e. The van der Waals surface area contributed by atoms with Gasteiger partial charge in [0, 0.05) is 10.9 Å². The maximum atomic E-state index is 7.03. The molecule has 0 amide bonds. The highest BCUT2D eigenvalue weighted by molar-refractivity contribution is 5.91.